The van der Waals surface area contributed by atoms with Gasteiger partial charge >= 0.3 is 0 Å². The van der Waals surface area contributed by atoms with Crippen LogP contribution in [-0.2, 0) is 6.42 Å². The molecular weight excluding hydrogens is 324 g/mol. The summed E-state index contributed by atoms with van der Waals surface area (Å²) in [6, 6.07) is 11.2. The maximum Gasteiger partial charge on any atom is 0.0423 e. The van der Waals surface area contributed by atoms with Crippen molar-refractivity contribution in [3.05, 3.63) is 63.4 Å². The summed E-state index contributed by atoms with van der Waals surface area (Å²) in [7, 11) is 0. The molecule has 0 saturated heterocycles. The Morgan fingerprint density at radius 2 is 2.00 bits per heavy atom. The molecule has 2 aromatic rings. The normalized spacial score (nSPS) is 12.4. The van der Waals surface area contributed by atoms with E-state index in [4.69, 9.17) is 0 Å². The minimum Gasteiger partial charge on any atom is -0.310 e. The Bertz CT molecular complexity index is 578. The van der Waals surface area contributed by atoms with Crippen LogP contribution in [0.4, 0.5) is 0 Å². The fourth-order valence-electron chi connectivity index (χ4n) is 2.56. The lowest BCUT2D eigenvalue weighted by Gasteiger charge is -2.21. The maximum absolute atomic E-state index is 4.51. The molecule has 112 valence electrons. The lowest BCUT2D eigenvalue weighted by molar-refractivity contribution is 0.522. The van der Waals surface area contributed by atoms with Gasteiger partial charge in [-0.1, -0.05) is 30.7 Å². The van der Waals surface area contributed by atoms with Gasteiger partial charge in [0, 0.05) is 28.8 Å². The molecule has 0 spiro atoms. The molecule has 0 aliphatic heterocycles. The first-order chi connectivity index (χ1) is 10.1. The van der Waals surface area contributed by atoms with Crippen molar-refractivity contribution in [1.82, 2.24) is 10.3 Å². The first kappa shape index (κ1) is 16.2. The third kappa shape index (κ3) is 4.65. The van der Waals surface area contributed by atoms with E-state index in [0.717, 1.165) is 29.6 Å². The monoisotopic (exact) mass is 346 g/mol. The van der Waals surface area contributed by atoms with Crippen molar-refractivity contribution in [2.75, 3.05) is 6.54 Å². The SMILES string of the molecule is CCCNC(Cc1ccc(Br)cn1)c1ccc(C)cc1C. The number of aromatic nitrogens is 1. The van der Waals surface area contributed by atoms with Crippen LogP contribution in [0.1, 0.15) is 41.8 Å². The molecule has 0 fully saturated rings. The molecule has 1 aromatic carbocycles. The molecule has 3 heteroatoms. The summed E-state index contributed by atoms with van der Waals surface area (Å²) in [4.78, 5) is 4.51. The average Bonchev–Trinajstić information content (AvgIpc) is 2.46. The summed E-state index contributed by atoms with van der Waals surface area (Å²) >= 11 is 3.44. The summed E-state index contributed by atoms with van der Waals surface area (Å²) in [6.07, 6.45) is 3.92. The van der Waals surface area contributed by atoms with E-state index in [-0.39, 0.29) is 0 Å². The van der Waals surface area contributed by atoms with Gasteiger partial charge in [-0.3, -0.25) is 4.98 Å². The molecule has 0 aliphatic carbocycles. The van der Waals surface area contributed by atoms with E-state index in [1.54, 1.807) is 0 Å². The lowest BCUT2D eigenvalue weighted by atomic mass is 9.95. The van der Waals surface area contributed by atoms with Gasteiger partial charge in [0.15, 0.2) is 0 Å². The zero-order valence-corrected chi connectivity index (χ0v) is 14.6. The van der Waals surface area contributed by atoms with Crippen molar-refractivity contribution in [1.29, 1.82) is 0 Å². The van der Waals surface area contributed by atoms with Crippen LogP contribution >= 0.6 is 15.9 Å². The number of aryl methyl sites for hydroxylation is 2. The van der Waals surface area contributed by atoms with Crippen LogP contribution in [0.2, 0.25) is 0 Å². The van der Waals surface area contributed by atoms with Gasteiger partial charge in [0.1, 0.15) is 0 Å². The van der Waals surface area contributed by atoms with E-state index >= 15 is 0 Å². The predicted molar refractivity (Wildman–Crippen MR) is 92.6 cm³/mol. The summed E-state index contributed by atoms with van der Waals surface area (Å²) in [5.74, 6) is 0. The van der Waals surface area contributed by atoms with E-state index in [9.17, 15) is 0 Å². The van der Waals surface area contributed by atoms with E-state index in [1.165, 1.54) is 16.7 Å². The molecule has 0 radical (unpaired) electrons. The van der Waals surface area contributed by atoms with Gasteiger partial charge in [-0.25, -0.2) is 0 Å². The second-order valence-corrected chi connectivity index (χ2v) is 6.45. The fraction of sp³-hybridized carbons (Fsp3) is 0.389. The van der Waals surface area contributed by atoms with E-state index in [1.807, 2.05) is 6.20 Å². The molecule has 1 unspecified atom stereocenters. The Labute approximate surface area is 136 Å². The molecule has 0 amide bonds. The highest BCUT2D eigenvalue weighted by atomic mass is 79.9. The number of pyridine rings is 1. The molecule has 0 aliphatic rings. The number of hydrogen-bond donors (Lipinski definition) is 1. The first-order valence-corrected chi connectivity index (χ1v) is 8.30. The Kier molecular flexibility index (Phi) is 5.95. The van der Waals surface area contributed by atoms with Gasteiger partial charge in [0.25, 0.3) is 0 Å². The van der Waals surface area contributed by atoms with Crippen molar-refractivity contribution < 1.29 is 0 Å². The molecule has 1 aromatic heterocycles. The largest absolute Gasteiger partial charge is 0.310 e. The molecule has 1 atom stereocenters. The standard InChI is InChI=1S/C18H23BrN2/c1-4-9-20-18(11-16-7-6-15(19)12-21-16)17-8-5-13(2)10-14(17)3/h5-8,10,12,18,20H,4,9,11H2,1-3H3. The predicted octanol–water partition coefficient (Wildman–Crippen LogP) is 4.74. The van der Waals surface area contributed by atoms with Crippen molar-refractivity contribution in [2.45, 2.75) is 39.7 Å². The molecule has 21 heavy (non-hydrogen) atoms. The van der Waals surface area contributed by atoms with Gasteiger partial charge < -0.3 is 5.32 Å². The zero-order valence-electron chi connectivity index (χ0n) is 13.0. The zero-order chi connectivity index (χ0) is 15.2. The number of benzene rings is 1. The van der Waals surface area contributed by atoms with E-state index in [2.05, 4.69) is 77.3 Å². The van der Waals surface area contributed by atoms with Gasteiger partial charge in [0.05, 0.1) is 0 Å². The molecule has 0 bridgehead atoms. The van der Waals surface area contributed by atoms with Crippen LogP contribution in [0.25, 0.3) is 0 Å². The summed E-state index contributed by atoms with van der Waals surface area (Å²) < 4.78 is 1.02. The average molecular weight is 347 g/mol. The minimum absolute atomic E-state index is 0.319. The number of nitrogens with one attached hydrogen (secondary N) is 1. The van der Waals surface area contributed by atoms with E-state index in [0.29, 0.717) is 6.04 Å². The molecule has 1 N–H and O–H groups in total. The highest BCUT2D eigenvalue weighted by Gasteiger charge is 2.14. The number of halogens is 1. The van der Waals surface area contributed by atoms with Crippen molar-refractivity contribution in [3.63, 3.8) is 0 Å². The van der Waals surface area contributed by atoms with Crippen LogP contribution in [-0.4, -0.2) is 11.5 Å². The Morgan fingerprint density at radius 3 is 2.62 bits per heavy atom. The first-order valence-electron chi connectivity index (χ1n) is 7.51. The van der Waals surface area contributed by atoms with Crippen LogP contribution in [0, 0.1) is 13.8 Å². The summed E-state index contributed by atoms with van der Waals surface area (Å²) in [5.41, 5.74) is 5.15. The van der Waals surface area contributed by atoms with Gasteiger partial charge in [-0.05, 0) is 66.0 Å². The summed E-state index contributed by atoms with van der Waals surface area (Å²) in [5, 5.41) is 3.66. The van der Waals surface area contributed by atoms with Crippen molar-refractivity contribution in [2.24, 2.45) is 0 Å². The second kappa shape index (κ2) is 7.71. The van der Waals surface area contributed by atoms with Crippen LogP contribution in [0.5, 0.6) is 0 Å². The third-order valence-electron chi connectivity index (χ3n) is 3.64. The van der Waals surface area contributed by atoms with Crippen molar-refractivity contribution in [3.8, 4) is 0 Å². The Hall–Kier alpha value is -1.19. The highest BCUT2D eigenvalue weighted by molar-refractivity contribution is 9.10. The number of hydrogen-bond acceptors (Lipinski definition) is 2. The Morgan fingerprint density at radius 1 is 1.19 bits per heavy atom. The molecule has 1 heterocycles. The topological polar surface area (TPSA) is 24.9 Å². The summed E-state index contributed by atoms with van der Waals surface area (Å²) in [6.45, 7) is 7.55. The van der Waals surface area contributed by atoms with E-state index < -0.39 is 0 Å². The van der Waals surface area contributed by atoms with Gasteiger partial charge in [-0.2, -0.15) is 0 Å². The smallest absolute Gasteiger partial charge is 0.0423 e. The quantitative estimate of drug-likeness (QED) is 0.816. The second-order valence-electron chi connectivity index (χ2n) is 5.54. The maximum atomic E-state index is 4.51. The number of rotatable bonds is 6. The lowest BCUT2D eigenvalue weighted by Crippen LogP contribution is -2.25. The highest BCUT2D eigenvalue weighted by Crippen LogP contribution is 2.23. The minimum atomic E-state index is 0.319. The molecule has 2 nitrogen and oxygen atoms in total. The van der Waals surface area contributed by atoms with Crippen LogP contribution < -0.4 is 5.32 Å². The molecule has 0 saturated carbocycles. The number of nitrogens with zero attached hydrogens (tertiary/aromatic N) is 1. The molecular formula is C18H23BrN2. The van der Waals surface area contributed by atoms with Crippen LogP contribution in [0.3, 0.4) is 0 Å². The third-order valence-corrected chi connectivity index (χ3v) is 4.11. The fourth-order valence-corrected chi connectivity index (χ4v) is 2.80. The van der Waals surface area contributed by atoms with Crippen LogP contribution in [0.15, 0.2) is 41.0 Å². The van der Waals surface area contributed by atoms with Gasteiger partial charge in [0.2, 0.25) is 0 Å². The van der Waals surface area contributed by atoms with Gasteiger partial charge in [-0.15, -0.1) is 0 Å². The Balaban J connectivity index is 2.22. The molecule has 2 rings (SSSR count). The van der Waals surface area contributed by atoms with Crippen molar-refractivity contribution >= 4 is 15.9 Å².